The molecule has 3 rings (SSSR count). The van der Waals surface area contributed by atoms with E-state index < -0.39 is 32.8 Å². The van der Waals surface area contributed by atoms with E-state index >= 15 is 0 Å². The minimum atomic E-state index is -4.13. The molecule has 6 nitrogen and oxygen atoms in total. The lowest BCUT2D eigenvalue weighted by atomic mass is 9.97. The highest BCUT2D eigenvalue weighted by Gasteiger charge is 2.39. The standard InChI is InChI=1S/C19H20FNO5S/c1-26-19(23)14-7-8-18(16(20)10-14)27(24,25)21-11-15(17(22)12-21)9-13-5-3-2-4-6-13/h2-8,10,15,17,22H,9,11-12H2,1H3/t15-,17-/m1/s1. The third-order valence-corrected chi connectivity index (χ3v) is 6.55. The van der Waals surface area contributed by atoms with Gasteiger partial charge in [-0.2, -0.15) is 4.31 Å². The van der Waals surface area contributed by atoms with Crippen molar-refractivity contribution in [2.24, 2.45) is 5.92 Å². The molecule has 1 saturated heterocycles. The number of β-amino-alcohol motifs (C(OH)–C–C–N with tert-alkyl or cyclic N) is 1. The Balaban J connectivity index is 1.80. The molecule has 1 aliphatic rings. The predicted molar refractivity (Wildman–Crippen MR) is 96.1 cm³/mol. The fourth-order valence-corrected chi connectivity index (χ4v) is 4.78. The van der Waals surface area contributed by atoms with Crippen LogP contribution < -0.4 is 0 Å². The van der Waals surface area contributed by atoms with Gasteiger partial charge in [0.25, 0.3) is 0 Å². The lowest BCUT2D eigenvalue weighted by Gasteiger charge is -2.17. The van der Waals surface area contributed by atoms with Crippen LogP contribution in [0.2, 0.25) is 0 Å². The molecule has 1 aliphatic heterocycles. The molecule has 0 amide bonds. The fourth-order valence-electron chi connectivity index (χ4n) is 3.22. The minimum absolute atomic E-state index is 0.0719. The van der Waals surface area contributed by atoms with Gasteiger partial charge in [0.15, 0.2) is 0 Å². The van der Waals surface area contributed by atoms with E-state index in [0.29, 0.717) is 6.42 Å². The van der Waals surface area contributed by atoms with Gasteiger partial charge in [0.2, 0.25) is 10.0 Å². The molecule has 0 radical (unpaired) electrons. The second-order valence-corrected chi connectivity index (χ2v) is 8.38. The highest BCUT2D eigenvalue weighted by molar-refractivity contribution is 7.89. The van der Waals surface area contributed by atoms with Crippen LogP contribution in [0.4, 0.5) is 4.39 Å². The summed E-state index contributed by atoms with van der Waals surface area (Å²) < 4.78 is 45.6. The van der Waals surface area contributed by atoms with Crippen molar-refractivity contribution in [3.8, 4) is 0 Å². The maximum absolute atomic E-state index is 14.4. The number of benzene rings is 2. The maximum Gasteiger partial charge on any atom is 0.337 e. The second-order valence-electron chi connectivity index (χ2n) is 6.48. The summed E-state index contributed by atoms with van der Waals surface area (Å²) in [7, 11) is -2.97. The van der Waals surface area contributed by atoms with Crippen molar-refractivity contribution in [3.05, 3.63) is 65.5 Å². The smallest absolute Gasteiger partial charge is 0.337 e. The van der Waals surface area contributed by atoms with Gasteiger partial charge in [0.05, 0.1) is 18.8 Å². The molecule has 0 aromatic heterocycles. The number of halogens is 1. The van der Waals surface area contributed by atoms with Crippen molar-refractivity contribution < 1.29 is 27.4 Å². The molecule has 0 bridgehead atoms. The third kappa shape index (κ3) is 4.02. The SMILES string of the molecule is COC(=O)c1ccc(S(=O)(=O)N2C[C@@H](Cc3ccccc3)[C@H](O)C2)c(F)c1. The number of aliphatic hydroxyl groups excluding tert-OH is 1. The number of esters is 1. The van der Waals surface area contributed by atoms with Crippen molar-refractivity contribution in [1.29, 1.82) is 0 Å². The normalized spacial score (nSPS) is 20.6. The Hall–Kier alpha value is -2.29. The van der Waals surface area contributed by atoms with E-state index in [1.165, 1.54) is 6.07 Å². The molecule has 2 aromatic rings. The summed E-state index contributed by atoms with van der Waals surface area (Å²) in [5.74, 6) is -2.06. The zero-order valence-electron chi connectivity index (χ0n) is 14.7. The Bertz CT molecular complexity index is 932. The predicted octanol–water partition coefficient (Wildman–Crippen LogP) is 1.84. The van der Waals surface area contributed by atoms with E-state index in [1.54, 1.807) is 0 Å². The first-order valence-electron chi connectivity index (χ1n) is 8.43. The first kappa shape index (κ1) is 19.5. The Kier molecular flexibility index (Phi) is 5.59. The number of aliphatic hydroxyl groups is 1. The summed E-state index contributed by atoms with van der Waals surface area (Å²) in [5, 5.41) is 10.3. The molecule has 0 aliphatic carbocycles. The zero-order chi connectivity index (χ0) is 19.6. The van der Waals surface area contributed by atoms with Gasteiger partial charge in [-0.25, -0.2) is 17.6 Å². The van der Waals surface area contributed by atoms with Crippen LogP contribution in [0.5, 0.6) is 0 Å². The molecule has 0 spiro atoms. The van der Waals surface area contributed by atoms with Crippen molar-refractivity contribution in [2.45, 2.75) is 17.4 Å². The molecule has 0 unspecified atom stereocenters. The van der Waals surface area contributed by atoms with E-state index in [1.807, 2.05) is 30.3 Å². The lowest BCUT2D eigenvalue weighted by molar-refractivity contribution is 0.0600. The van der Waals surface area contributed by atoms with Gasteiger partial charge in [0, 0.05) is 19.0 Å². The number of rotatable bonds is 5. The molecule has 0 saturated carbocycles. The van der Waals surface area contributed by atoms with Crippen molar-refractivity contribution >= 4 is 16.0 Å². The van der Waals surface area contributed by atoms with Crippen molar-refractivity contribution in [3.63, 3.8) is 0 Å². The Morgan fingerprint density at radius 2 is 1.93 bits per heavy atom. The van der Waals surface area contributed by atoms with Gasteiger partial charge >= 0.3 is 5.97 Å². The summed E-state index contributed by atoms with van der Waals surface area (Å²) >= 11 is 0. The van der Waals surface area contributed by atoms with E-state index in [-0.39, 0.29) is 24.6 Å². The van der Waals surface area contributed by atoms with E-state index in [9.17, 15) is 22.7 Å². The molecule has 1 fully saturated rings. The van der Waals surface area contributed by atoms with Crippen LogP contribution in [-0.4, -0.2) is 50.1 Å². The summed E-state index contributed by atoms with van der Waals surface area (Å²) in [5.41, 5.74) is 0.923. The highest BCUT2D eigenvalue weighted by atomic mass is 32.2. The first-order chi connectivity index (χ1) is 12.8. The van der Waals surface area contributed by atoms with Crippen LogP contribution in [0.25, 0.3) is 0 Å². The summed E-state index contributed by atoms with van der Waals surface area (Å²) in [6.45, 7) is -0.00534. The van der Waals surface area contributed by atoms with Gasteiger partial charge in [-0.05, 0) is 30.2 Å². The van der Waals surface area contributed by atoms with Gasteiger partial charge in [-0.15, -0.1) is 0 Å². The van der Waals surface area contributed by atoms with Crippen molar-refractivity contribution in [2.75, 3.05) is 20.2 Å². The number of sulfonamides is 1. The van der Waals surface area contributed by atoms with Gasteiger partial charge in [-0.1, -0.05) is 30.3 Å². The number of carbonyl (C=O) groups is 1. The van der Waals surface area contributed by atoms with E-state index in [4.69, 9.17) is 0 Å². The molecular weight excluding hydrogens is 373 g/mol. The Morgan fingerprint density at radius 1 is 1.22 bits per heavy atom. The Labute approximate surface area is 157 Å². The number of methoxy groups -OCH3 is 1. The molecular formula is C19H20FNO5S. The molecule has 2 atom stereocenters. The first-order valence-corrected chi connectivity index (χ1v) is 9.87. The Morgan fingerprint density at radius 3 is 2.56 bits per heavy atom. The second kappa shape index (κ2) is 7.75. The molecule has 2 aromatic carbocycles. The van der Waals surface area contributed by atoms with Crippen molar-refractivity contribution in [1.82, 2.24) is 4.31 Å². The van der Waals surface area contributed by atoms with Gasteiger partial charge < -0.3 is 9.84 Å². The van der Waals surface area contributed by atoms with E-state index in [2.05, 4.69) is 4.74 Å². The van der Waals surface area contributed by atoms with Crippen LogP contribution in [0.1, 0.15) is 15.9 Å². The largest absolute Gasteiger partial charge is 0.465 e. The molecule has 1 heterocycles. The average molecular weight is 393 g/mol. The van der Waals surface area contributed by atoms with Crippen LogP contribution in [0.3, 0.4) is 0 Å². The fraction of sp³-hybridized carbons (Fsp3) is 0.316. The number of nitrogens with zero attached hydrogens (tertiary/aromatic N) is 1. The average Bonchev–Trinajstić information content (AvgIpc) is 3.03. The van der Waals surface area contributed by atoms with Gasteiger partial charge in [0.1, 0.15) is 10.7 Å². The molecule has 1 N–H and O–H groups in total. The molecule has 8 heteroatoms. The monoisotopic (exact) mass is 393 g/mol. The van der Waals surface area contributed by atoms with E-state index in [0.717, 1.165) is 29.1 Å². The number of ether oxygens (including phenoxy) is 1. The van der Waals surface area contributed by atoms with Gasteiger partial charge in [-0.3, -0.25) is 0 Å². The lowest BCUT2D eigenvalue weighted by Crippen LogP contribution is -2.30. The maximum atomic E-state index is 14.4. The van der Waals surface area contributed by atoms with Crippen LogP contribution in [0.15, 0.2) is 53.4 Å². The van der Waals surface area contributed by atoms with Crippen LogP contribution in [0, 0.1) is 11.7 Å². The summed E-state index contributed by atoms with van der Waals surface area (Å²) in [4.78, 5) is 10.9. The zero-order valence-corrected chi connectivity index (χ0v) is 15.5. The number of hydrogen-bond acceptors (Lipinski definition) is 5. The topological polar surface area (TPSA) is 83.9 Å². The van der Waals surface area contributed by atoms with Crippen LogP contribution in [-0.2, 0) is 21.2 Å². The third-order valence-electron chi connectivity index (χ3n) is 4.68. The summed E-state index contributed by atoms with van der Waals surface area (Å²) in [6, 6.07) is 12.6. The molecule has 144 valence electrons. The number of carbonyl (C=O) groups excluding carboxylic acids is 1. The number of hydrogen-bond donors (Lipinski definition) is 1. The highest BCUT2D eigenvalue weighted by Crippen LogP contribution is 2.28. The minimum Gasteiger partial charge on any atom is -0.465 e. The van der Waals surface area contributed by atoms with Crippen LogP contribution >= 0.6 is 0 Å². The quantitative estimate of drug-likeness (QED) is 0.784. The summed E-state index contributed by atoms with van der Waals surface area (Å²) in [6.07, 6.45) is -0.310. The molecule has 27 heavy (non-hydrogen) atoms.